The number of alkyl halides is 1. The maximum absolute atomic E-state index is 12.2. The summed E-state index contributed by atoms with van der Waals surface area (Å²) in [5, 5.41) is 6.59. The van der Waals surface area contributed by atoms with Crippen LogP contribution in [-0.2, 0) is 20.7 Å². The van der Waals surface area contributed by atoms with E-state index in [-0.39, 0.29) is 22.1 Å². The maximum Gasteiger partial charge on any atom is 0.410 e. The Bertz CT molecular complexity index is 541. The minimum absolute atomic E-state index is 0.256. The Kier molecular flexibility index (Phi) is 5.88. The van der Waals surface area contributed by atoms with E-state index in [0.717, 1.165) is 5.56 Å². The highest BCUT2D eigenvalue weighted by Crippen LogP contribution is 2.22. The zero-order chi connectivity index (χ0) is 17.0. The second kappa shape index (κ2) is 7.50. The second-order valence-electron chi connectivity index (χ2n) is 6.57. The Morgan fingerprint density at radius 3 is 2.87 bits per heavy atom. The smallest absolute Gasteiger partial charge is 0.410 e. The zero-order valence-electron chi connectivity index (χ0n) is 13.5. The highest BCUT2D eigenvalue weighted by molar-refractivity contribution is 14.1. The van der Waals surface area contributed by atoms with Crippen molar-refractivity contribution in [3.05, 3.63) is 18.0 Å². The molecule has 1 aliphatic heterocycles. The van der Waals surface area contributed by atoms with Crippen molar-refractivity contribution < 1.29 is 19.1 Å². The highest BCUT2D eigenvalue weighted by Gasteiger charge is 2.35. The number of carbonyl (C=O) groups excluding carboxylic acids is 2. The fraction of sp³-hybridized carbons (Fsp3) is 0.667. The molecule has 0 bridgehead atoms. The number of aromatic amines is 1. The molecule has 8 heteroatoms. The van der Waals surface area contributed by atoms with Gasteiger partial charge in [0.2, 0.25) is 0 Å². The molecular weight excluding hydrogens is 413 g/mol. The number of hydrogen-bond acceptors (Lipinski definition) is 5. The van der Waals surface area contributed by atoms with E-state index >= 15 is 0 Å². The van der Waals surface area contributed by atoms with Crippen molar-refractivity contribution in [3.8, 4) is 0 Å². The van der Waals surface area contributed by atoms with Gasteiger partial charge >= 0.3 is 12.1 Å². The van der Waals surface area contributed by atoms with Crippen LogP contribution in [0.25, 0.3) is 0 Å². The number of carbonyl (C=O) groups is 2. The van der Waals surface area contributed by atoms with Crippen molar-refractivity contribution >= 4 is 34.7 Å². The largest absolute Gasteiger partial charge is 0.451 e. The van der Waals surface area contributed by atoms with Crippen molar-refractivity contribution in [3.63, 3.8) is 0 Å². The lowest BCUT2D eigenvalue weighted by Gasteiger charge is -2.24. The Hall–Kier alpha value is -1.32. The molecule has 7 nitrogen and oxygen atoms in total. The monoisotopic (exact) mass is 435 g/mol. The lowest BCUT2D eigenvalue weighted by molar-refractivity contribution is -0.148. The lowest BCUT2D eigenvalue weighted by Crippen LogP contribution is -2.36. The molecule has 0 aliphatic carbocycles. The van der Waals surface area contributed by atoms with Crippen LogP contribution in [0.3, 0.4) is 0 Å². The molecule has 1 aromatic heterocycles. The lowest BCUT2D eigenvalue weighted by atomic mass is 10.1. The summed E-state index contributed by atoms with van der Waals surface area (Å²) in [6.45, 7) is 6.33. The first-order valence-electron chi connectivity index (χ1n) is 7.55. The van der Waals surface area contributed by atoms with Gasteiger partial charge in [0.15, 0.2) is 4.11 Å². The number of hydrogen-bond donors (Lipinski definition) is 1. The molecule has 0 spiro atoms. The first-order chi connectivity index (χ1) is 10.7. The fourth-order valence-electron chi connectivity index (χ4n) is 2.28. The molecule has 2 atom stereocenters. The standard InChI is InChI=1S/C15H22IN3O4/c1-15(2,3)23-14(21)19-5-4-11(9-19)13(20)22-12(16)6-10-7-17-18-8-10/h7-8,11-12H,4-6,9H2,1-3H3,(H,17,18). The van der Waals surface area contributed by atoms with Gasteiger partial charge in [0.1, 0.15) is 5.60 Å². The number of likely N-dealkylation sites (tertiary alicyclic amines) is 1. The summed E-state index contributed by atoms with van der Waals surface area (Å²) in [5.41, 5.74) is 0.451. The van der Waals surface area contributed by atoms with Crippen molar-refractivity contribution in [1.82, 2.24) is 15.1 Å². The number of amides is 1. The van der Waals surface area contributed by atoms with Crippen molar-refractivity contribution in [2.45, 2.75) is 43.3 Å². The maximum atomic E-state index is 12.2. The summed E-state index contributed by atoms with van der Waals surface area (Å²) in [4.78, 5) is 25.8. The summed E-state index contributed by atoms with van der Waals surface area (Å²) < 4.78 is 10.5. The summed E-state index contributed by atoms with van der Waals surface area (Å²) in [5.74, 6) is -0.553. The number of esters is 1. The third-order valence-corrected chi connectivity index (χ3v) is 4.06. The zero-order valence-corrected chi connectivity index (χ0v) is 15.7. The van der Waals surface area contributed by atoms with Crippen LogP contribution in [0.1, 0.15) is 32.8 Å². The minimum Gasteiger partial charge on any atom is -0.451 e. The van der Waals surface area contributed by atoms with Crippen molar-refractivity contribution in [2.75, 3.05) is 13.1 Å². The Morgan fingerprint density at radius 1 is 1.52 bits per heavy atom. The Morgan fingerprint density at radius 2 is 2.26 bits per heavy atom. The number of ether oxygens (including phenoxy) is 2. The molecule has 0 aromatic carbocycles. The van der Waals surface area contributed by atoms with Crippen LogP contribution in [0.15, 0.2) is 12.4 Å². The van der Waals surface area contributed by atoms with E-state index in [1.807, 2.05) is 20.8 Å². The average molecular weight is 435 g/mol. The number of rotatable bonds is 4. The molecule has 1 N–H and O–H groups in total. The Labute approximate surface area is 149 Å². The first-order valence-corrected chi connectivity index (χ1v) is 8.79. The van der Waals surface area contributed by atoms with Crippen LogP contribution in [0, 0.1) is 5.92 Å². The van der Waals surface area contributed by atoms with Gasteiger partial charge in [-0.25, -0.2) is 4.79 Å². The van der Waals surface area contributed by atoms with Gasteiger partial charge in [0.25, 0.3) is 0 Å². The van der Waals surface area contributed by atoms with Crippen LogP contribution < -0.4 is 0 Å². The topological polar surface area (TPSA) is 84.5 Å². The number of aromatic nitrogens is 2. The van der Waals surface area contributed by atoms with Gasteiger partial charge in [-0.2, -0.15) is 5.10 Å². The summed E-state index contributed by atoms with van der Waals surface area (Å²) >= 11 is 2.09. The second-order valence-corrected chi connectivity index (χ2v) is 7.96. The van der Waals surface area contributed by atoms with E-state index < -0.39 is 5.60 Å². The van der Waals surface area contributed by atoms with Gasteiger partial charge in [0.05, 0.1) is 12.1 Å². The van der Waals surface area contributed by atoms with E-state index in [1.165, 1.54) is 0 Å². The van der Waals surface area contributed by atoms with E-state index in [9.17, 15) is 9.59 Å². The van der Waals surface area contributed by atoms with Crippen LogP contribution in [0.5, 0.6) is 0 Å². The average Bonchev–Trinajstić information content (AvgIpc) is 3.06. The molecule has 1 aromatic rings. The molecule has 2 heterocycles. The summed E-state index contributed by atoms with van der Waals surface area (Å²) in [6, 6.07) is 0. The van der Waals surface area contributed by atoms with Crippen LogP contribution in [0.4, 0.5) is 4.79 Å². The molecule has 1 fully saturated rings. The van der Waals surface area contributed by atoms with E-state index in [1.54, 1.807) is 17.3 Å². The Balaban J connectivity index is 1.79. The normalized spacial score (nSPS) is 19.5. The molecule has 1 saturated heterocycles. The molecular formula is C15H22IN3O4. The first kappa shape index (κ1) is 18.0. The fourth-order valence-corrected chi connectivity index (χ4v) is 3.04. The highest BCUT2D eigenvalue weighted by atomic mass is 127. The van der Waals surface area contributed by atoms with E-state index in [2.05, 4.69) is 32.8 Å². The number of nitrogens with zero attached hydrogens (tertiary/aromatic N) is 2. The van der Waals surface area contributed by atoms with E-state index in [4.69, 9.17) is 9.47 Å². The molecule has 1 aliphatic rings. The minimum atomic E-state index is -0.534. The number of nitrogens with one attached hydrogen (secondary N) is 1. The third-order valence-electron chi connectivity index (χ3n) is 3.37. The SMILES string of the molecule is CC(C)(C)OC(=O)N1CCC(C(=O)OC(I)Cc2cn[nH]c2)C1. The van der Waals surface area contributed by atoms with Gasteiger partial charge < -0.3 is 14.4 Å². The molecule has 23 heavy (non-hydrogen) atoms. The van der Waals surface area contributed by atoms with Gasteiger partial charge in [0, 0.05) is 25.7 Å². The van der Waals surface area contributed by atoms with Crippen LogP contribution >= 0.6 is 22.6 Å². The van der Waals surface area contributed by atoms with Gasteiger partial charge in [-0.15, -0.1) is 0 Å². The number of halogens is 1. The third kappa shape index (κ3) is 5.67. The molecule has 2 rings (SSSR count). The van der Waals surface area contributed by atoms with Gasteiger partial charge in [-0.1, -0.05) is 0 Å². The quantitative estimate of drug-likeness (QED) is 0.447. The van der Waals surface area contributed by atoms with Crippen molar-refractivity contribution in [2.24, 2.45) is 5.92 Å². The summed E-state index contributed by atoms with van der Waals surface area (Å²) in [6.07, 6.45) is 4.31. The number of H-pyrrole nitrogens is 1. The predicted molar refractivity (Wildman–Crippen MR) is 92.1 cm³/mol. The van der Waals surface area contributed by atoms with Crippen LogP contribution in [-0.4, -0.2) is 50.0 Å². The predicted octanol–water partition coefficient (Wildman–Crippen LogP) is 2.51. The molecule has 0 saturated carbocycles. The van der Waals surface area contributed by atoms with Crippen molar-refractivity contribution in [1.29, 1.82) is 0 Å². The summed E-state index contributed by atoms with van der Waals surface area (Å²) in [7, 11) is 0. The molecule has 0 radical (unpaired) electrons. The van der Waals surface area contributed by atoms with E-state index in [0.29, 0.717) is 25.9 Å². The molecule has 1 amide bonds. The van der Waals surface area contributed by atoms with Crippen LogP contribution in [0.2, 0.25) is 0 Å². The van der Waals surface area contributed by atoms with Gasteiger partial charge in [-0.05, 0) is 55.3 Å². The molecule has 128 valence electrons. The van der Waals surface area contributed by atoms with Gasteiger partial charge in [-0.3, -0.25) is 9.89 Å². The molecule has 2 unspecified atom stereocenters.